The van der Waals surface area contributed by atoms with Crippen molar-refractivity contribution in [1.82, 2.24) is 0 Å². The molecule has 2 heteroatoms. The lowest BCUT2D eigenvalue weighted by atomic mass is 9.72. The first-order chi connectivity index (χ1) is 5.19. The molecule has 11 heavy (non-hydrogen) atoms. The van der Waals surface area contributed by atoms with E-state index in [0.717, 1.165) is 12.8 Å². The Morgan fingerprint density at radius 3 is 2.36 bits per heavy atom. The highest BCUT2D eigenvalue weighted by Gasteiger charge is 2.33. The van der Waals surface area contributed by atoms with E-state index >= 15 is 0 Å². The Balaban J connectivity index is 2.49. The summed E-state index contributed by atoms with van der Waals surface area (Å²) >= 11 is 0. The van der Waals surface area contributed by atoms with E-state index in [4.69, 9.17) is 5.73 Å². The van der Waals surface area contributed by atoms with Crippen LogP contribution in [0.25, 0.3) is 0 Å². The summed E-state index contributed by atoms with van der Waals surface area (Å²) in [5, 5.41) is 9.62. The van der Waals surface area contributed by atoms with Crippen molar-refractivity contribution in [3.05, 3.63) is 0 Å². The van der Waals surface area contributed by atoms with Gasteiger partial charge in [0, 0.05) is 6.54 Å². The summed E-state index contributed by atoms with van der Waals surface area (Å²) in [4.78, 5) is 0. The Hall–Kier alpha value is -0.0800. The molecule has 1 aliphatic rings. The van der Waals surface area contributed by atoms with E-state index in [9.17, 15) is 5.11 Å². The van der Waals surface area contributed by atoms with Crippen molar-refractivity contribution in [3.63, 3.8) is 0 Å². The normalized spacial score (nSPS) is 26.5. The van der Waals surface area contributed by atoms with Gasteiger partial charge in [-0.15, -0.1) is 0 Å². The van der Waals surface area contributed by atoms with Crippen LogP contribution in [0.2, 0.25) is 0 Å². The van der Waals surface area contributed by atoms with Crippen molar-refractivity contribution in [3.8, 4) is 0 Å². The van der Waals surface area contributed by atoms with Crippen LogP contribution in [0.5, 0.6) is 0 Å². The van der Waals surface area contributed by atoms with Crippen LogP contribution in [0.3, 0.4) is 0 Å². The molecule has 0 aromatic carbocycles. The van der Waals surface area contributed by atoms with Gasteiger partial charge < -0.3 is 10.8 Å². The molecule has 0 aromatic rings. The first-order valence-electron chi connectivity index (χ1n) is 4.57. The highest BCUT2D eigenvalue weighted by molar-refractivity contribution is 4.85. The van der Waals surface area contributed by atoms with Gasteiger partial charge >= 0.3 is 0 Å². The molecule has 0 heterocycles. The van der Waals surface area contributed by atoms with Gasteiger partial charge in [-0.1, -0.05) is 26.2 Å². The van der Waals surface area contributed by atoms with Crippen LogP contribution in [-0.2, 0) is 0 Å². The summed E-state index contributed by atoms with van der Waals surface area (Å²) in [5.74, 6) is 0. The van der Waals surface area contributed by atoms with E-state index in [1.807, 2.05) is 0 Å². The van der Waals surface area contributed by atoms with Crippen molar-refractivity contribution < 1.29 is 5.11 Å². The molecular weight excluding hydrogens is 138 g/mol. The van der Waals surface area contributed by atoms with Gasteiger partial charge in [0.25, 0.3) is 0 Å². The Morgan fingerprint density at radius 2 is 1.91 bits per heavy atom. The lowest BCUT2D eigenvalue weighted by Gasteiger charge is -2.37. The van der Waals surface area contributed by atoms with Gasteiger partial charge in [0.1, 0.15) is 0 Å². The zero-order valence-electron chi connectivity index (χ0n) is 7.34. The second-order valence-corrected chi connectivity index (χ2v) is 3.97. The zero-order chi connectivity index (χ0) is 8.32. The van der Waals surface area contributed by atoms with E-state index in [0.29, 0.717) is 6.54 Å². The number of aliphatic hydroxyl groups is 1. The molecule has 1 rings (SSSR count). The summed E-state index contributed by atoms with van der Waals surface area (Å²) in [6.07, 6.45) is 5.84. The van der Waals surface area contributed by atoms with Crippen LogP contribution < -0.4 is 5.73 Å². The van der Waals surface area contributed by atoms with E-state index in [2.05, 4.69) is 6.92 Å². The molecule has 2 nitrogen and oxygen atoms in total. The maximum absolute atomic E-state index is 9.62. The number of nitrogens with two attached hydrogens (primary N) is 1. The molecule has 1 atom stereocenters. The van der Waals surface area contributed by atoms with Crippen LogP contribution in [0.1, 0.15) is 39.0 Å². The molecule has 0 amide bonds. The smallest absolute Gasteiger partial charge is 0.0715 e. The molecule has 0 bridgehead atoms. The summed E-state index contributed by atoms with van der Waals surface area (Å²) < 4.78 is 0. The Morgan fingerprint density at radius 1 is 1.36 bits per heavy atom. The van der Waals surface area contributed by atoms with Crippen LogP contribution in [0.15, 0.2) is 0 Å². The van der Waals surface area contributed by atoms with Crippen molar-refractivity contribution in [1.29, 1.82) is 0 Å². The molecular formula is C9H19NO. The predicted octanol–water partition coefficient (Wildman–Crippen LogP) is 1.28. The monoisotopic (exact) mass is 157 g/mol. The topological polar surface area (TPSA) is 46.2 Å². The molecule has 1 fully saturated rings. The maximum Gasteiger partial charge on any atom is 0.0715 e. The van der Waals surface area contributed by atoms with Crippen molar-refractivity contribution >= 4 is 0 Å². The molecule has 0 saturated heterocycles. The van der Waals surface area contributed by atoms with Gasteiger partial charge in [0.15, 0.2) is 0 Å². The van der Waals surface area contributed by atoms with Gasteiger partial charge in [-0.3, -0.25) is 0 Å². The molecule has 0 unspecified atom stereocenters. The van der Waals surface area contributed by atoms with Gasteiger partial charge in [-0.2, -0.15) is 0 Å². The fourth-order valence-corrected chi connectivity index (χ4v) is 1.98. The standard InChI is InChI=1S/C9H19NO/c1-9(8(11)7-10)5-3-2-4-6-9/h8,11H,2-7,10H2,1H3/t8-/m1/s1. The summed E-state index contributed by atoms with van der Waals surface area (Å²) in [6, 6.07) is 0. The molecule has 0 spiro atoms. The third-order valence-electron chi connectivity index (χ3n) is 3.02. The Bertz CT molecular complexity index is 119. The van der Waals surface area contributed by atoms with Gasteiger partial charge in [0.05, 0.1) is 6.10 Å². The first-order valence-corrected chi connectivity index (χ1v) is 4.57. The molecule has 0 aliphatic heterocycles. The zero-order valence-corrected chi connectivity index (χ0v) is 7.34. The second kappa shape index (κ2) is 3.55. The number of aliphatic hydroxyl groups excluding tert-OH is 1. The Labute approximate surface area is 68.8 Å². The SMILES string of the molecule is CC1([C@H](O)CN)CCCCC1. The third-order valence-corrected chi connectivity index (χ3v) is 3.02. The molecule has 1 aliphatic carbocycles. The van der Waals surface area contributed by atoms with Crippen molar-refractivity contribution in [2.45, 2.75) is 45.1 Å². The van der Waals surface area contributed by atoms with Gasteiger partial charge in [-0.25, -0.2) is 0 Å². The van der Waals surface area contributed by atoms with E-state index in [-0.39, 0.29) is 11.5 Å². The predicted molar refractivity (Wildman–Crippen MR) is 46.3 cm³/mol. The maximum atomic E-state index is 9.62. The number of hydrogen-bond donors (Lipinski definition) is 2. The molecule has 0 radical (unpaired) electrons. The average Bonchev–Trinajstić information content (AvgIpc) is 2.04. The lowest BCUT2D eigenvalue weighted by molar-refractivity contribution is 0.0165. The quantitative estimate of drug-likeness (QED) is 0.634. The van der Waals surface area contributed by atoms with E-state index < -0.39 is 0 Å². The minimum absolute atomic E-state index is 0.118. The molecule has 1 saturated carbocycles. The summed E-state index contributed by atoms with van der Waals surface area (Å²) in [6.45, 7) is 2.57. The highest BCUT2D eigenvalue weighted by Crippen LogP contribution is 2.38. The van der Waals surface area contributed by atoms with Gasteiger partial charge in [-0.05, 0) is 18.3 Å². The minimum Gasteiger partial charge on any atom is -0.391 e. The summed E-state index contributed by atoms with van der Waals surface area (Å²) in [5.41, 5.74) is 5.56. The lowest BCUT2D eigenvalue weighted by Crippen LogP contribution is -2.39. The first kappa shape index (κ1) is 9.01. The molecule has 3 N–H and O–H groups in total. The van der Waals surface area contributed by atoms with Crippen LogP contribution in [-0.4, -0.2) is 17.8 Å². The fourth-order valence-electron chi connectivity index (χ4n) is 1.98. The largest absolute Gasteiger partial charge is 0.391 e. The van der Waals surface area contributed by atoms with Crippen LogP contribution in [0.4, 0.5) is 0 Å². The molecule has 66 valence electrons. The van der Waals surface area contributed by atoms with Crippen molar-refractivity contribution in [2.24, 2.45) is 11.1 Å². The minimum atomic E-state index is -0.289. The van der Waals surface area contributed by atoms with Crippen molar-refractivity contribution in [2.75, 3.05) is 6.54 Å². The van der Waals surface area contributed by atoms with E-state index in [1.165, 1.54) is 19.3 Å². The summed E-state index contributed by atoms with van der Waals surface area (Å²) in [7, 11) is 0. The average molecular weight is 157 g/mol. The number of rotatable bonds is 2. The third kappa shape index (κ3) is 1.94. The molecule has 0 aromatic heterocycles. The number of hydrogen-bond acceptors (Lipinski definition) is 2. The Kier molecular flexibility index (Phi) is 2.90. The van der Waals surface area contributed by atoms with Crippen LogP contribution >= 0.6 is 0 Å². The van der Waals surface area contributed by atoms with E-state index in [1.54, 1.807) is 0 Å². The van der Waals surface area contributed by atoms with Gasteiger partial charge in [0.2, 0.25) is 0 Å². The van der Waals surface area contributed by atoms with Crippen LogP contribution in [0, 0.1) is 5.41 Å². The highest BCUT2D eigenvalue weighted by atomic mass is 16.3. The second-order valence-electron chi connectivity index (χ2n) is 3.97. The fraction of sp³-hybridized carbons (Fsp3) is 1.00.